The summed E-state index contributed by atoms with van der Waals surface area (Å²) in [7, 11) is 0. The molecule has 0 radical (unpaired) electrons. The number of alkyl halides is 3. The highest BCUT2D eigenvalue weighted by molar-refractivity contribution is 6.48. The lowest BCUT2D eigenvalue weighted by Crippen LogP contribution is -2.68. The van der Waals surface area contributed by atoms with Crippen LogP contribution in [-0.4, -0.2) is 112 Å². The van der Waals surface area contributed by atoms with Crippen molar-refractivity contribution in [3.05, 3.63) is 0 Å². The molecule has 0 aromatic heterocycles. The molecule has 2 rings (SSSR count). The first-order valence-corrected chi connectivity index (χ1v) is 8.44. The summed E-state index contributed by atoms with van der Waals surface area (Å²) in [6.07, 6.45) is -12.7. The first-order valence-electron chi connectivity index (χ1n) is 7.30. The van der Waals surface area contributed by atoms with Crippen molar-refractivity contribution in [3.8, 4) is 0 Å². The molecule has 9 unspecified atom stereocenters. The fraction of sp³-hybridized carbons (Fsp3) is 1.00. The van der Waals surface area contributed by atoms with Crippen LogP contribution in [0.3, 0.4) is 0 Å². The topological polar surface area (TPSA) is 190 Å². The van der Waals surface area contributed by atoms with Gasteiger partial charge in [-0.25, -0.2) is 0 Å². The van der Waals surface area contributed by atoms with Gasteiger partial charge in [-0.05, 0) is 0 Å². The van der Waals surface area contributed by atoms with E-state index in [0.717, 1.165) is 0 Å². The van der Waals surface area contributed by atoms with Crippen LogP contribution in [0.25, 0.3) is 0 Å². The second-order valence-corrected chi connectivity index (χ2v) is 7.79. The molecule has 2 fully saturated rings. The van der Waals surface area contributed by atoms with Gasteiger partial charge >= 0.3 is 0 Å². The minimum atomic E-state index is -3.17. The molecule has 14 heteroatoms. The quantitative estimate of drug-likeness (QED) is 0.194. The van der Waals surface area contributed by atoms with E-state index >= 15 is 0 Å². The Hall–Kier alpha value is 0.430. The molecule has 0 amide bonds. The number of aliphatic hydroxyl groups excluding tert-OH is 6. The molecule has 11 nitrogen and oxygen atoms in total. The Kier molecular flexibility index (Phi) is 6.72. The number of aliphatic hydroxyl groups is 8. The van der Waals surface area contributed by atoms with Crippen molar-refractivity contribution in [2.24, 2.45) is 0 Å². The maximum atomic E-state index is 10.4. The first kappa shape index (κ1) is 22.7. The molecule has 0 aromatic carbocycles. The molecular formula is C12H19Cl3O11. The smallest absolute Gasteiger partial charge is 0.277 e. The molecular weight excluding hydrogens is 426 g/mol. The standard InChI is InChI=1S/C12H19Cl3O11/c13-10(22)8(21)4(2-17)25-11(10,12(14,15)23)26-9-7(20)6(19)5(18)3(1-16)24-9/h3-9,16-23H,1-2H2. The van der Waals surface area contributed by atoms with Gasteiger partial charge < -0.3 is 55.1 Å². The van der Waals surface area contributed by atoms with Crippen molar-refractivity contribution >= 4 is 34.8 Å². The van der Waals surface area contributed by atoms with E-state index in [0.29, 0.717) is 0 Å². The monoisotopic (exact) mass is 444 g/mol. The molecule has 0 spiro atoms. The minimum absolute atomic E-state index is 0.808. The second kappa shape index (κ2) is 7.69. The van der Waals surface area contributed by atoms with Crippen LogP contribution < -0.4 is 0 Å². The summed E-state index contributed by atoms with van der Waals surface area (Å²) >= 11 is 17.0. The molecule has 0 aliphatic carbocycles. The summed E-state index contributed by atoms with van der Waals surface area (Å²) in [5.74, 6) is -3.09. The Morgan fingerprint density at radius 3 is 1.92 bits per heavy atom. The van der Waals surface area contributed by atoms with E-state index in [2.05, 4.69) is 0 Å². The molecule has 2 aliphatic heterocycles. The van der Waals surface area contributed by atoms with Crippen LogP contribution in [0.4, 0.5) is 0 Å². The van der Waals surface area contributed by atoms with Crippen LogP contribution in [0.15, 0.2) is 0 Å². The average Bonchev–Trinajstić information content (AvgIpc) is 2.75. The van der Waals surface area contributed by atoms with Crippen LogP contribution in [0.1, 0.15) is 0 Å². The van der Waals surface area contributed by atoms with Crippen LogP contribution >= 0.6 is 34.8 Å². The largest absolute Gasteiger partial charge is 0.394 e. The highest BCUT2D eigenvalue weighted by atomic mass is 35.5. The van der Waals surface area contributed by atoms with Gasteiger partial charge in [-0.2, -0.15) is 0 Å². The van der Waals surface area contributed by atoms with Crippen LogP contribution in [0, 0.1) is 0 Å². The fourth-order valence-electron chi connectivity index (χ4n) is 2.73. The molecule has 0 aromatic rings. The summed E-state index contributed by atoms with van der Waals surface area (Å²) in [4.78, 5) is 0. The van der Waals surface area contributed by atoms with Crippen molar-refractivity contribution in [3.63, 3.8) is 0 Å². The Morgan fingerprint density at radius 1 is 0.962 bits per heavy atom. The number of halogens is 3. The third-order valence-electron chi connectivity index (χ3n) is 4.23. The Morgan fingerprint density at radius 2 is 1.50 bits per heavy atom. The number of hydrogen-bond donors (Lipinski definition) is 8. The Bertz CT molecular complexity index is 501. The fourth-order valence-corrected chi connectivity index (χ4v) is 3.66. The van der Waals surface area contributed by atoms with Crippen molar-refractivity contribution in [2.45, 2.75) is 58.3 Å². The zero-order valence-corrected chi connectivity index (χ0v) is 15.2. The summed E-state index contributed by atoms with van der Waals surface area (Å²) in [5.41, 5.74) is 0. The third-order valence-corrected chi connectivity index (χ3v) is 5.20. The highest BCUT2D eigenvalue weighted by Crippen LogP contribution is 2.53. The molecule has 26 heavy (non-hydrogen) atoms. The number of ether oxygens (including phenoxy) is 3. The second-order valence-electron chi connectivity index (χ2n) is 5.93. The summed E-state index contributed by atoms with van der Waals surface area (Å²) in [6, 6.07) is 0. The van der Waals surface area contributed by atoms with E-state index in [-0.39, 0.29) is 0 Å². The molecule has 154 valence electrons. The SMILES string of the molecule is OCC1OC(OC2(C(O)(Cl)Cl)OC(CO)C(O)C2(O)Cl)C(O)C(O)C1O. The van der Waals surface area contributed by atoms with E-state index in [4.69, 9.17) is 49.0 Å². The molecule has 2 aliphatic rings. The predicted octanol–water partition coefficient (Wildman–Crippen LogP) is -3.70. The predicted molar refractivity (Wildman–Crippen MR) is 83.0 cm³/mol. The van der Waals surface area contributed by atoms with E-state index in [9.17, 15) is 40.9 Å². The molecule has 0 saturated carbocycles. The zero-order chi connectivity index (χ0) is 20.1. The lowest BCUT2D eigenvalue weighted by Gasteiger charge is -2.47. The summed E-state index contributed by atoms with van der Waals surface area (Å²) < 4.78 is 12.1. The molecule has 8 N–H and O–H groups in total. The van der Waals surface area contributed by atoms with Gasteiger partial charge in [0.1, 0.15) is 36.6 Å². The van der Waals surface area contributed by atoms with Crippen LogP contribution in [-0.2, 0) is 14.2 Å². The normalized spacial score (nSPS) is 50.2. The van der Waals surface area contributed by atoms with Gasteiger partial charge in [0.25, 0.3) is 10.3 Å². The van der Waals surface area contributed by atoms with Crippen LogP contribution in [0.2, 0.25) is 0 Å². The molecule has 0 bridgehead atoms. The van der Waals surface area contributed by atoms with Gasteiger partial charge in [0.15, 0.2) is 6.29 Å². The van der Waals surface area contributed by atoms with Crippen molar-refractivity contribution in [1.82, 2.24) is 0 Å². The highest BCUT2D eigenvalue weighted by Gasteiger charge is 2.75. The molecule has 2 heterocycles. The molecule has 9 atom stereocenters. The molecule has 2 saturated heterocycles. The van der Waals surface area contributed by atoms with Gasteiger partial charge in [0, 0.05) is 0 Å². The van der Waals surface area contributed by atoms with Crippen molar-refractivity contribution < 1.29 is 55.1 Å². The minimum Gasteiger partial charge on any atom is -0.394 e. The van der Waals surface area contributed by atoms with Gasteiger partial charge in [0.2, 0.25) is 5.06 Å². The van der Waals surface area contributed by atoms with Crippen molar-refractivity contribution in [1.29, 1.82) is 0 Å². The van der Waals surface area contributed by atoms with E-state index in [1.807, 2.05) is 0 Å². The van der Waals surface area contributed by atoms with Gasteiger partial charge in [-0.3, -0.25) is 0 Å². The average molecular weight is 446 g/mol. The van der Waals surface area contributed by atoms with Crippen molar-refractivity contribution in [2.75, 3.05) is 13.2 Å². The number of rotatable bonds is 5. The first-order chi connectivity index (χ1) is 11.8. The van der Waals surface area contributed by atoms with Gasteiger partial charge in [0.05, 0.1) is 13.2 Å². The van der Waals surface area contributed by atoms with Gasteiger partial charge in [-0.15, -0.1) is 0 Å². The maximum Gasteiger partial charge on any atom is 0.277 e. The van der Waals surface area contributed by atoms with E-state index in [1.165, 1.54) is 0 Å². The summed E-state index contributed by atoms with van der Waals surface area (Å²) in [6.45, 7) is -1.71. The third kappa shape index (κ3) is 3.44. The zero-order valence-electron chi connectivity index (χ0n) is 12.9. The van der Waals surface area contributed by atoms with Gasteiger partial charge in [-0.1, -0.05) is 34.8 Å². The van der Waals surface area contributed by atoms with Crippen LogP contribution in [0.5, 0.6) is 0 Å². The lowest BCUT2D eigenvalue weighted by molar-refractivity contribution is -0.398. The van der Waals surface area contributed by atoms with E-state index in [1.54, 1.807) is 0 Å². The maximum absolute atomic E-state index is 10.4. The van der Waals surface area contributed by atoms with E-state index < -0.39 is 71.5 Å². The summed E-state index contributed by atoms with van der Waals surface area (Å²) in [5, 5.41) is 75.3. The Balaban J connectivity index is 2.41. The Labute approximate surface area is 161 Å². The lowest BCUT2D eigenvalue weighted by atomic mass is 9.98. The number of hydrogen-bond acceptors (Lipinski definition) is 11.